The molecule has 9 heteroatoms. The lowest BCUT2D eigenvalue weighted by molar-refractivity contribution is -0.121. The fraction of sp³-hybridized carbons (Fsp3) is 0.409. The Hall–Kier alpha value is -2.94. The standard InChI is InChI=1S/C22H29N3O5S/c1-17(22(26)23-12-7-13-24(2)18-8-5-4-6-9-18)25(31(3,27)28)19-10-11-20-21(16-19)30-15-14-29-20/h4-6,8-11,16-17H,7,12-15H2,1-3H3,(H,23,26)/t17-/m0/s1. The van der Waals surface area contributed by atoms with Gasteiger partial charge in [-0.1, -0.05) is 18.2 Å². The fourth-order valence-corrected chi connectivity index (χ4v) is 4.63. The van der Waals surface area contributed by atoms with Gasteiger partial charge in [0, 0.05) is 31.9 Å². The van der Waals surface area contributed by atoms with Crippen LogP contribution in [0.4, 0.5) is 11.4 Å². The topological polar surface area (TPSA) is 88.2 Å². The third-order valence-corrected chi connectivity index (χ3v) is 6.28. The summed E-state index contributed by atoms with van der Waals surface area (Å²) < 4.78 is 37.1. The highest BCUT2D eigenvalue weighted by Crippen LogP contribution is 2.35. The highest BCUT2D eigenvalue weighted by Gasteiger charge is 2.30. The van der Waals surface area contributed by atoms with E-state index >= 15 is 0 Å². The lowest BCUT2D eigenvalue weighted by atomic mass is 10.2. The number of anilines is 2. The van der Waals surface area contributed by atoms with Crippen LogP contribution in [0.15, 0.2) is 48.5 Å². The minimum Gasteiger partial charge on any atom is -0.486 e. The van der Waals surface area contributed by atoms with E-state index < -0.39 is 16.1 Å². The summed E-state index contributed by atoms with van der Waals surface area (Å²) in [4.78, 5) is 14.8. The van der Waals surface area contributed by atoms with Gasteiger partial charge >= 0.3 is 0 Å². The van der Waals surface area contributed by atoms with Crippen molar-refractivity contribution in [2.75, 3.05) is 48.8 Å². The molecule has 1 N–H and O–H groups in total. The van der Waals surface area contributed by atoms with Gasteiger partial charge in [0.05, 0.1) is 11.9 Å². The molecule has 8 nitrogen and oxygen atoms in total. The molecular weight excluding hydrogens is 418 g/mol. The fourth-order valence-electron chi connectivity index (χ4n) is 3.47. The molecule has 0 aromatic heterocycles. The van der Waals surface area contributed by atoms with Crippen molar-refractivity contribution in [1.29, 1.82) is 0 Å². The first-order valence-electron chi connectivity index (χ1n) is 10.2. The number of nitrogens with zero attached hydrogens (tertiary/aromatic N) is 2. The number of amides is 1. The normalized spacial score (nSPS) is 13.9. The lowest BCUT2D eigenvalue weighted by Gasteiger charge is -2.29. The number of rotatable bonds is 9. The summed E-state index contributed by atoms with van der Waals surface area (Å²) in [6.07, 6.45) is 1.81. The summed E-state index contributed by atoms with van der Waals surface area (Å²) in [5.74, 6) is 0.666. The van der Waals surface area contributed by atoms with Gasteiger partial charge in [0.2, 0.25) is 15.9 Å². The lowest BCUT2D eigenvalue weighted by Crippen LogP contribution is -2.48. The molecule has 1 heterocycles. The predicted octanol–water partition coefficient (Wildman–Crippen LogP) is 2.25. The average Bonchev–Trinajstić information content (AvgIpc) is 2.76. The van der Waals surface area contributed by atoms with Crippen molar-refractivity contribution >= 4 is 27.3 Å². The molecule has 1 aliphatic rings. The van der Waals surface area contributed by atoms with E-state index in [1.165, 1.54) is 0 Å². The molecule has 0 radical (unpaired) electrons. The number of para-hydroxylation sites is 1. The van der Waals surface area contributed by atoms with Gasteiger partial charge < -0.3 is 19.7 Å². The largest absolute Gasteiger partial charge is 0.486 e. The molecule has 3 rings (SSSR count). The van der Waals surface area contributed by atoms with Gasteiger partial charge in [-0.05, 0) is 37.6 Å². The Morgan fingerprint density at radius 1 is 1.06 bits per heavy atom. The van der Waals surface area contributed by atoms with Gasteiger partial charge in [0.25, 0.3) is 0 Å². The zero-order chi connectivity index (χ0) is 22.4. The van der Waals surface area contributed by atoms with Crippen molar-refractivity contribution in [2.24, 2.45) is 0 Å². The van der Waals surface area contributed by atoms with E-state index in [0.29, 0.717) is 36.9 Å². The van der Waals surface area contributed by atoms with E-state index in [-0.39, 0.29) is 5.91 Å². The van der Waals surface area contributed by atoms with E-state index in [9.17, 15) is 13.2 Å². The highest BCUT2D eigenvalue weighted by atomic mass is 32.2. The molecule has 0 saturated heterocycles. The zero-order valence-electron chi connectivity index (χ0n) is 18.1. The van der Waals surface area contributed by atoms with Crippen LogP contribution in [0.3, 0.4) is 0 Å². The maximum atomic E-state index is 12.7. The summed E-state index contributed by atoms with van der Waals surface area (Å²) in [6.45, 7) is 3.61. The van der Waals surface area contributed by atoms with Crippen molar-refractivity contribution in [1.82, 2.24) is 5.32 Å². The molecule has 2 aromatic rings. The number of hydrogen-bond acceptors (Lipinski definition) is 6. The average molecular weight is 448 g/mol. The number of carbonyl (C=O) groups excluding carboxylic acids is 1. The first kappa shape index (κ1) is 22.7. The van der Waals surface area contributed by atoms with E-state index in [2.05, 4.69) is 10.2 Å². The Kier molecular flexibility index (Phi) is 7.27. The van der Waals surface area contributed by atoms with Crippen LogP contribution >= 0.6 is 0 Å². The molecule has 1 atom stereocenters. The third kappa shape index (κ3) is 5.81. The monoisotopic (exact) mass is 447 g/mol. The van der Waals surface area contributed by atoms with Crippen LogP contribution < -0.4 is 24.0 Å². The maximum Gasteiger partial charge on any atom is 0.243 e. The maximum absolute atomic E-state index is 12.7. The zero-order valence-corrected chi connectivity index (χ0v) is 18.9. The second-order valence-electron chi connectivity index (χ2n) is 7.46. The molecule has 1 aliphatic heterocycles. The predicted molar refractivity (Wildman–Crippen MR) is 122 cm³/mol. The second-order valence-corrected chi connectivity index (χ2v) is 9.32. The molecule has 0 saturated carbocycles. The van der Waals surface area contributed by atoms with E-state index in [0.717, 1.165) is 29.2 Å². The SMILES string of the molecule is C[C@@H](C(=O)NCCCN(C)c1ccccc1)N(c1ccc2c(c1)OCCO2)S(C)(=O)=O. The van der Waals surface area contributed by atoms with Crippen LogP contribution in [-0.4, -0.2) is 60.0 Å². The summed E-state index contributed by atoms with van der Waals surface area (Å²) in [5.41, 5.74) is 1.46. The second kappa shape index (κ2) is 9.91. The summed E-state index contributed by atoms with van der Waals surface area (Å²) in [5, 5.41) is 2.85. The Bertz CT molecular complexity index is 997. The highest BCUT2D eigenvalue weighted by molar-refractivity contribution is 7.92. The Labute approximate surface area is 183 Å². The van der Waals surface area contributed by atoms with Gasteiger partial charge in [-0.15, -0.1) is 0 Å². The molecule has 168 valence electrons. The van der Waals surface area contributed by atoms with Gasteiger partial charge in [-0.3, -0.25) is 9.10 Å². The van der Waals surface area contributed by atoms with Crippen molar-refractivity contribution < 1.29 is 22.7 Å². The molecule has 0 fully saturated rings. The number of hydrogen-bond donors (Lipinski definition) is 1. The van der Waals surface area contributed by atoms with Crippen molar-refractivity contribution in [2.45, 2.75) is 19.4 Å². The summed E-state index contributed by atoms with van der Waals surface area (Å²) >= 11 is 0. The van der Waals surface area contributed by atoms with Crippen LogP contribution in [0.1, 0.15) is 13.3 Å². The molecule has 1 amide bonds. The number of benzene rings is 2. The Morgan fingerprint density at radius 2 is 1.74 bits per heavy atom. The molecule has 0 spiro atoms. The molecule has 0 unspecified atom stereocenters. The number of sulfonamides is 1. The Morgan fingerprint density at radius 3 is 2.42 bits per heavy atom. The first-order chi connectivity index (χ1) is 14.8. The smallest absolute Gasteiger partial charge is 0.243 e. The van der Waals surface area contributed by atoms with Gasteiger partial charge in [0.1, 0.15) is 19.3 Å². The molecule has 31 heavy (non-hydrogen) atoms. The van der Waals surface area contributed by atoms with Gasteiger partial charge in [-0.25, -0.2) is 8.42 Å². The molecule has 2 aromatic carbocycles. The molecule has 0 aliphatic carbocycles. The number of fused-ring (bicyclic) bond motifs is 1. The summed E-state index contributed by atoms with van der Waals surface area (Å²) in [7, 11) is -1.71. The van der Waals surface area contributed by atoms with Gasteiger partial charge in [-0.2, -0.15) is 0 Å². The van der Waals surface area contributed by atoms with Crippen LogP contribution in [0.25, 0.3) is 0 Å². The van der Waals surface area contributed by atoms with Crippen LogP contribution in [0, 0.1) is 0 Å². The van der Waals surface area contributed by atoms with E-state index in [1.54, 1.807) is 25.1 Å². The molecule has 0 bridgehead atoms. The minimum atomic E-state index is -3.70. The summed E-state index contributed by atoms with van der Waals surface area (Å²) in [6, 6.07) is 13.9. The number of ether oxygens (including phenoxy) is 2. The van der Waals surface area contributed by atoms with Crippen LogP contribution in [-0.2, 0) is 14.8 Å². The Balaban J connectivity index is 1.61. The number of carbonyl (C=O) groups is 1. The first-order valence-corrected chi connectivity index (χ1v) is 12.0. The van der Waals surface area contributed by atoms with E-state index in [4.69, 9.17) is 9.47 Å². The number of nitrogens with one attached hydrogen (secondary N) is 1. The third-order valence-electron chi connectivity index (χ3n) is 5.04. The quantitative estimate of drug-likeness (QED) is 0.594. The van der Waals surface area contributed by atoms with Crippen molar-refractivity contribution in [3.05, 3.63) is 48.5 Å². The van der Waals surface area contributed by atoms with Crippen LogP contribution in [0.2, 0.25) is 0 Å². The van der Waals surface area contributed by atoms with Crippen molar-refractivity contribution in [3.8, 4) is 11.5 Å². The minimum absolute atomic E-state index is 0.359. The van der Waals surface area contributed by atoms with Crippen molar-refractivity contribution in [3.63, 3.8) is 0 Å². The van der Waals surface area contributed by atoms with Crippen LogP contribution in [0.5, 0.6) is 11.5 Å². The van der Waals surface area contributed by atoms with Gasteiger partial charge in [0.15, 0.2) is 11.5 Å². The van der Waals surface area contributed by atoms with E-state index in [1.807, 2.05) is 37.4 Å². The molecular formula is C22H29N3O5S.